The van der Waals surface area contributed by atoms with Crippen LogP contribution < -0.4 is 5.32 Å². The minimum Gasteiger partial charge on any atom is -0.338 e. The number of aromatic amines is 1. The predicted octanol–water partition coefficient (Wildman–Crippen LogP) is 2.12. The van der Waals surface area contributed by atoms with E-state index in [9.17, 15) is 9.18 Å². The van der Waals surface area contributed by atoms with Crippen LogP contribution in [-0.4, -0.2) is 56.7 Å². The molecule has 2 atom stereocenters. The average Bonchev–Trinajstić information content (AvgIpc) is 3.45. The van der Waals surface area contributed by atoms with Crippen LogP contribution in [-0.2, 0) is 17.8 Å². The van der Waals surface area contributed by atoms with E-state index in [0.717, 1.165) is 22.3 Å². The Hall–Kier alpha value is -3.13. The van der Waals surface area contributed by atoms with Crippen molar-refractivity contribution in [3.05, 3.63) is 53.6 Å². The molecule has 8 heteroatoms. The molecule has 0 unspecified atom stereocenters. The Morgan fingerprint density at radius 3 is 2.76 bits per heavy atom. The second-order valence-electron chi connectivity index (χ2n) is 7.61. The quantitative estimate of drug-likeness (QED) is 0.713. The summed E-state index contributed by atoms with van der Waals surface area (Å²) in [6.45, 7) is 1.36. The number of carbonyl (C=O) groups is 1. The fraction of sp³-hybridized carbons (Fsp3) is 0.333. The number of amides is 1. The van der Waals surface area contributed by atoms with Crippen molar-refractivity contribution < 1.29 is 9.18 Å². The molecule has 7 nitrogen and oxygen atoms in total. The van der Waals surface area contributed by atoms with Gasteiger partial charge in [-0.2, -0.15) is 5.21 Å². The molecule has 3 aromatic rings. The Bertz CT molecular complexity index is 1040. The number of nitrogens with zero attached hydrogens (tertiary/aromatic N) is 4. The maximum absolute atomic E-state index is 13.4. The highest BCUT2D eigenvalue weighted by Gasteiger charge is 2.32. The SMILES string of the molecule is O=C([C@@H]1Cc2ccc(-c3cccc(-c4nn[nH]n4)c3)cc2CN1)N1CC[C@H](F)C1. The number of aromatic nitrogens is 4. The summed E-state index contributed by atoms with van der Waals surface area (Å²) in [7, 11) is 0. The zero-order chi connectivity index (χ0) is 19.8. The monoisotopic (exact) mass is 392 g/mol. The van der Waals surface area contributed by atoms with E-state index >= 15 is 0 Å². The minimum absolute atomic E-state index is 0.00712. The highest BCUT2D eigenvalue weighted by molar-refractivity contribution is 5.83. The maximum Gasteiger partial charge on any atom is 0.240 e. The van der Waals surface area contributed by atoms with Crippen LogP contribution in [0.1, 0.15) is 17.5 Å². The van der Waals surface area contributed by atoms with Crippen molar-refractivity contribution in [2.75, 3.05) is 13.1 Å². The van der Waals surface area contributed by atoms with E-state index in [-0.39, 0.29) is 18.5 Å². The summed E-state index contributed by atoms with van der Waals surface area (Å²) in [5.74, 6) is 0.568. The van der Waals surface area contributed by atoms with Crippen molar-refractivity contribution in [2.45, 2.75) is 31.6 Å². The van der Waals surface area contributed by atoms with E-state index in [1.165, 1.54) is 5.56 Å². The Balaban J connectivity index is 1.35. The number of rotatable bonds is 3. The van der Waals surface area contributed by atoms with E-state index in [2.05, 4.69) is 50.2 Å². The third-order valence-electron chi connectivity index (χ3n) is 5.71. The molecule has 1 aromatic heterocycles. The van der Waals surface area contributed by atoms with Gasteiger partial charge in [0.1, 0.15) is 6.17 Å². The molecular weight excluding hydrogens is 371 g/mol. The van der Waals surface area contributed by atoms with E-state index in [1.807, 2.05) is 18.2 Å². The molecule has 0 aliphatic carbocycles. The molecular formula is C21H21FN6O. The lowest BCUT2D eigenvalue weighted by molar-refractivity contribution is -0.132. The summed E-state index contributed by atoms with van der Waals surface area (Å²) in [4.78, 5) is 14.3. The van der Waals surface area contributed by atoms with E-state index in [0.29, 0.717) is 31.8 Å². The molecule has 29 heavy (non-hydrogen) atoms. The summed E-state index contributed by atoms with van der Waals surface area (Å²) in [5, 5.41) is 17.5. The number of alkyl halides is 1. The van der Waals surface area contributed by atoms with Gasteiger partial charge >= 0.3 is 0 Å². The van der Waals surface area contributed by atoms with Gasteiger partial charge in [0.15, 0.2) is 0 Å². The lowest BCUT2D eigenvalue weighted by Crippen LogP contribution is -2.48. The fourth-order valence-electron chi connectivity index (χ4n) is 4.13. The van der Waals surface area contributed by atoms with Crippen LogP contribution in [0.5, 0.6) is 0 Å². The van der Waals surface area contributed by atoms with Gasteiger partial charge in [-0.25, -0.2) is 4.39 Å². The van der Waals surface area contributed by atoms with Crippen LogP contribution in [0.3, 0.4) is 0 Å². The maximum atomic E-state index is 13.4. The summed E-state index contributed by atoms with van der Waals surface area (Å²) in [6, 6.07) is 14.1. The first-order chi connectivity index (χ1) is 14.2. The standard InChI is InChI=1S/C21H21FN6O/c22-18-6-7-28(12-18)21(29)19-10-15-5-4-14(9-17(15)11-23-19)13-2-1-3-16(8-13)20-24-26-27-25-20/h1-5,8-9,18-19,23H,6-7,10-12H2,(H,24,25,26,27)/t18-,19-/m0/s1. The van der Waals surface area contributed by atoms with Crippen molar-refractivity contribution >= 4 is 5.91 Å². The van der Waals surface area contributed by atoms with Crippen molar-refractivity contribution in [2.24, 2.45) is 0 Å². The van der Waals surface area contributed by atoms with Crippen LogP contribution in [0, 0.1) is 0 Å². The molecule has 3 heterocycles. The zero-order valence-electron chi connectivity index (χ0n) is 15.8. The van der Waals surface area contributed by atoms with E-state index in [1.54, 1.807) is 4.90 Å². The summed E-state index contributed by atoms with van der Waals surface area (Å²) >= 11 is 0. The Morgan fingerprint density at radius 2 is 1.97 bits per heavy atom. The van der Waals surface area contributed by atoms with Gasteiger partial charge in [0.25, 0.3) is 0 Å². The molecule has 0 spiro atoms. The second-order valence-corrected chi connectivity index (χ2v) is 7.61. The number of H-pyrrole nitrogens is 1. The zero-order valence-corrected chi connectivity index (χ0v) is 15.8. The Labute approximate surface area is 167 Å². The topological polar surface area (TPSA) is 86.8 Å². The first-order valence-corrected chi connectivity index (χ1v) is 9.79. The number of hydrogen-bond acceptors (Lipinski definition) is 5. The van der Waals surface area contributed by atoms with Crippen molar-refractivity contribution in [3.63, 3.8) is 0 Å². The average molecular weight is 392 g/mol. The largest absolute Gasteiger partial charge is 0.338 e. The van der Waals surface area contributed by atoms with Crippen LogP contribution in [0.15, 0.2) is 42.5 Å². The van der Waals surface area contributed by atoms with Crippen LogP contribution in [0.2, 0.25) is 0 Å². The van der Waals surface area contributed by atoms with Crippen molar-refractivity contribution in [1.82, 2.24) is 30.8 Å². The Kier molecular flexibility index (Phi) is 4.55. The number of fused-ring (bicyclic) bond motifs is 1. The van der Waals surface area contributed by atoms with Crippen LogP contribution >= 0.6 is 0 Å². The number of benzene rings is 2. The van der Waals surface area contributed by atoms with Gasteiger partial charge in [-0.15, -0.1) is 10.2 Å². The first-order valence-electron chi connectivity index (χ1n) is 9.79. The van der Waals surface area contributed by atoms with E-state index < -0.39 is 6.17 Å². The number of likely N-dealkylation sites (tertiary alicyclic amines) is 1. The van der Waals surface area contributed by atoms with Crippen molar-refractivity contribution in [3.8, 4) is 22.5 Å². The molecule has 1 fully saturated rings. The molecule has 0 bridgehead atoms. The summed E-state index contributed by atoms with van der Waals surface area (Å²) < 4.78 is 13.4. The predicted molar refractivity (Wildman–Crippen MR) is 105 cm³/mol. The van der Waals surface area contributed by atoms with Gasteiger partial charge in [-0.1, -0.05) is 30.3 Å². The molecule has 1 amide bonds. The lowest BCUT2D eigenvalue weighted by Gasteiger charge is -2.29. The highest BCUT2D eigenvalue weighted by atomic mass is 19.1. The van der Waals surface area contributed by atoms with E-state index in [4.69, 9.17) is 0 Å². The van der Waals surface area contributed by atoms with Gasteiger partial charge in [-0.05, 0) is 52.4 Å². The summed E-state index contributed by atoms with van der Waals surface area (Å²) in [6.07, 6.45) is 0.187. The van der Waals surface area contributed by atoms with Crippen molar-refractivity contribution in [1.29, 1.82) is 0 Å². The van der Waals surface area contributed by atoms with Gasteiger partial charge in [0.2, 0.25) is 11.7 Å². The molecule has 1 saturated heterocycles. The number of nitrogens with one attached hydrogen (secondary N) is 2. The summed E-state index contributed by atoms with van der Waals surface area (Å²) in [5.41, 5.74) is 5.41. The minimum atomic E-state index is -0.888. The first kappa shape index (κ1) is 17.9. The van der Waals surface area contributed by atoms with Gasteiger partial charge in [0.05, 0.1) is 12.6 Å². The smallest absolute Gasteiger partial charge is 0.240 e. The van der Waals surface area contributed by atoms with Crippen LogP contribution in [0.4, 0.5) is 4.39 Å². The van der Waals surface area contributed by atoms with Crippen LogP contribution in [0.25, 0.3) is 22.5 Å². The van der Waals surface area contributed by atoms with Gasteiger partial charge < -0.3 is 10.2 Å². The fourth-order valence-corrected chi connectivity index (χ4v) is 4.13. The normalized spacial score (nSPS) is 21.2. The third kappa shape index (κ3) is 3.51. The molecule has 2 aromatic carbocycles. The highest BCUT2D eigenvalue weighted by Crippen LogP contribution is 2.28. The molecule has 0 saturated carbocycles. The number of carbonyl (C=O) groups excluding carboxylic acids is 1. The molecule has 2 aliphatic rings. The number of tetrazole rings is 1. The van der Waals surface area contributed by atoms with Gasteiger partial charge in [0, 0.05) is 18.7 Å². The lowest BCUT2D eigenvalue weighted by atomic mass is 9.91. The molecule has 2 aliphatic heterocycles. The number of hydrogen-bond donors (Lipinski definition) is 2. The third-order valence-corrected chi connectivity index (χ3v) is 5.71. The molecule has 0 radical (unpaired) electrons. The van der Waals surface area contributed by atoms with Gasteiger partial charge in [-0.3, -0.25) is 4.79 Å². The molecule has 2 N–H and O–H groups in total. The Morgan fingerprint density at radius 1 is 1.10 bits per heavy atom. The molecule has 148 valence electrons. The molecule has 5 rings (SSSR count). The second kappa shape index (κ2) is 7.36. The number of halogens is 1.